The van der Waals surface area contributed by atoms with Crippen LogP contribution < -0.4 is 4.74 Å². The molecule has 0 saturated heterocycles. The minimum Gasteiger partial charge on any atom is -0.482 e. The van der Waals surface area contributed by atoms with E-state index < -0.39 is 5.97 Å². The van der Waals surface area contributed by atoms with Gasteiger partial charge in [-0.3, -0.25) is 4.79 Å². The fourth-order valence-electron chi connectivity index (χ4n) is 3.32. The zero-order valence-electron chi connectivity index (χ0n) is 14.5. The summed E-state index contributed by atoms with van der Waals surface area (Å²) in [5, 5.41) is 8.60. The number of hydrogen-bond donors (Lipinski definition) is 1. The van der Waals surface area contributed by atoms with E-state index in [9.17, 15) is 9.59 Å². The molecule has 0 unspecified atom stereocenters. The number of benzene rings is 1. The number of nitrogens with zero attached hydrogens (tertiary/aromatic N) is 1. The second-order valence-corrected chi connectivity index (χ2v) is 6.65. The second-order valence-electron chi connectivity index (χ2n) is 6.65. The Bertz CT molecular complexity index is 547. The number of carboxylic acid groups (broad SMARTS) is 1. The number of rotatable bonds is 7. The number of carboxylic acids is 1. The van der Waals surface area contributed by atoms with Gasteiger partial charge in [-0.05, 0) is 49.3 Å². The fraction of sp³-hybridized carbons (Fsp3) is 0.579. The van der Waals surface area contributed by atoms with E-state index >= 15 is 0 Å². The van der Waals surface area contributed by atoms with Crippen molar-refractivity contribution in [2.75, 3.05) is 13.7 Å². The number of amides is 1. The van der Waals surface area contributed by atoms with Gasteiger partial charge in [0.1, 0.15) is 5.75 Å². The molecule has 0 radical (unpaired) electrons. The Hall–Kier alpha value is -2.04. The minimum absolute atomic E-state index is 0.163. The van der Waals surface area contributed by atoms with Crippen LogP contribution in [0.15, 0.2) is 24.3 Å². The summed E-state index contributed by atoms with van der Waals surface area (Å²) in [4.78, 5) is 24.9. The molecule has 1 aromatic carbocycles. The molecule has 0 aromatic heterocycles. The molecule has 2 rings (SSSR count). The molecule has 1 aromatic rings. The van der Waals surface area contributed by atoms with Crippen molar-refractivity contribution in [1.29, 1.82) is 0 Å². The van der Waals surface area contributed by atoms with Crippen LogP contribution in [0.4, 0.5) is 0 Å². The van der Waals surface area contributed by atoms with Crippen molar-refractivity contribution in [2.24, 2.45) is 11.8 Å². The molecule has 132 valence electrons. The predicted octanol–water partition coefficient (Wildman–Crippen LogP) is 3.32. The van der Waals surface area contributed by atoms with Gasteiger partial charge in [-0.15, -0.1) is 0 Å². The highest BCUT2D eigenvalue weighted by Crippen LogP contribution is 2.31. The first-order valence-corrected chi connectivity index (χ1v) is 8.68. The van der Waals surface area contributed by atoms with Crippen LogP contribution in [0.1, 0.15) is 44.6 Å². The highest BCUT2D eigenvalue weighted by atomic mass is 16.5. The highest BCUT2D eigenvalue weighted by molar-refractivity contribution is 5.78. The Morgan fingerprint density at radius 2 is 1.79 bits per heavy atom. The summed E-state index contributed by atoms with van der Waals surface area (Å²) < 4.78 is 5.11. The third-order valence-corrected chi connectivity index (χ3v) is 4.85. The number of hydrogen-bond acceptors (Lipinski definition) is 3. The molecule has 1 aliphatic rings. The third kappa shape index (κ3) is 5.25. The summed E-state index contributed by atoms with van der Waals surface area (Å²) in [6.45, 7) is 2.44. The van der Waals surface area contributed by atoms with Gasteiger partial charge in [-0.2, -0.15) is 0 Å². The van der Waals surface area contributed by atoms with Crippen LogP contribution in [0, 0.1) is 11.8 Å². The molecule has 5 nitrogen and oxygen atoms in total. The van der Waals surface area contributed by atoms with Crippen molar-refractivity contribution >= 4 is 11.9 Å². The summed E-state index contributed by atoms with van der Waals surface area (Å²) in [7, 11) is 1.85. The van der Waals surface area contributed by atoms with Crippen LogP contribution >= 0.6 is 0 Å². The molecule has 0 aliphatic heterocycles. The maximum absolute atomic E-state index is 12.6. The third-order valence-electron chi connectivity index (χ3n) is 4.85. The summed E-state index contributed by atoms with van der Waals surface area (Å²) in [5.41, 5.74) is 1.01. The summed E-state index contributed by atoms with van der Waals surface area (Å²) in [6, 6.07) is 7.22. The lowest BCUT2D eigenvalue weighted by atomic mass is 9.80. The molecule has 1 amide bonds. The zero-order chi connectivity index (χ0) is 17.5. The van der Waals surface area contributed by atoms with Gasteiger partial charge in [-0.1, -0.05) is 25.5 Å². The van der Waals surface area contributed by atoms with Crippen molar-refractivity contribution in [3.8, 4) is 5.75 Å². The average Bonchev–Trinajstić information content (AvgIpc) is 2.60. The van der Waals surface area contributed by atoms with E-state index in [1.165, 1.54) is 6.42 Å². The zero-order valence-corrected chi connectivity index (χ0v) is 14.5. The molecule has 0 atom stereocenters. The van der Waals surface area contributed by atoms with Crippen LogP contribution in [-0.4, -0.2) is 35.5 Å². The van der Waals surface area contributed by atoms with Gasteiger partial charge in [0, 0.05) is 19.5 Å². The van der Waals surface area contributed by atoms with Crippen molar-refractivity contribution in [1.82, 2.24) is 4.90 Å². The quantitative estimate of drug-likeness (QED) is 0.831. The van der Waals surface area contributed by atoms with Gasteiger partial charge >= 0.3 is 5.97 Å². The Labute approximate surface area is 143 Å². The molecule has 1 aliphatic carbocycles. The topological polar surface area (TPSA) is 66.8 Å². The maximum atomic E-state index is 12.6. The van der Waals surface area contributed by atoms with E-state index in [2.05, 4.69) is 6.92 Å². The molecule has 0 heterocycles. The predicted molar refractivity (Wildman–Crippen MR) is 91.8 cm³/mol. The number of ether oxygens (including phenoxy) is 1. The molecular weight excluding hydrogens is 306 g/mol. The van der Waals surface area contributed by atoms with E-state index in [0.717, 1.165) is 37.2 Å². The molecule has 5 heteroatoms. The summed E-state index contributed by atoms with van der Waals surface area (Å²) in [5.74, 6) is 0.708. The Morgan fingerprint density at radius 3 is 2.33 bits per heavy atom. The first kappa shape index (κ1) is 18.3. The van der Waals surface area contributed by atoms with Gasteiger partial charge in [0.25, 0.3) is 0 Å². The minimum atomic E-state index is -0.998. The van der Waals surface area contributed by atoms with Crippen LogP contribution in [0.3, 0.4) is 0 Å². The monoisotopic (exact) mass is 333 g/mol. The Morgan fingerprint density at radius 1 is 1.17 bits per heavy atom. The highest BCUT2D eigenvalue weighted by Gasteiger charge is 2.27. The van der Waals surface area contributed by atoms with Gasteiger partial charge in [0.2, 0.25) is 5.91 Å². The van der Waals surface area contributed by atoms with E-state index in [4.69, 9.17) is 9.84 Å². The van der Waals surface area contributed by atoms with Gasteiger partial charge < -0.3 is 14.7 Å². The summed E-state index contributed by atoms with van der Waals surface area (Å²) >= 11 is 0. The van der Waals surface area contributed by atoms with Crippen LogP contribution in [0.2, 0.25) is 0 Å². The molecular formula is C19H27NO4. The number of aliphatic carboxylic acids is 1. The lowest BCUT2D eigenvalue weighted by Gasteiger charge is -2.30. The maximum Gasteiger partial charge on any atom is 0.341 e. The van der Waals surface area contributed by atoms with Crippen LogP contribution in [0.25, 0.3) is 0 Å². The molecule has 24 heavy (non-hydrogen) atoms. The lowest BCUT2D eigenvalue weighted by Crippen LogP contribution is -2.34. The van der Waals surface area contributed by atoms with Crippen molar-refractivity contribution in [3.63, 3.8) is 0 Å². The lowest BCUT2D eigenvalue weighted by molar-refractivity contribution is -0.139. The van der Waals surface area contributed by atoms with E-state index in [1.807, 2.05) is 19.2 Å². The first-order chi connectivity index (χ1) is 11.5. The standard InChI is InChI=1S/C19H27NO4/c1-3-14-4-8-16(9-5-14)19(23)20(2)12-15-6-10-17(11-7-15)24-13-18(21)22/h6-7,10-11,14,16H,3-5,8-9,12-13H2,1-2H3,(H,21,22). The molecule has 0 bridgehead atoms. The van der Waals surface area contributed by atoms with E-state index in [0.29, 0.717) is 12.3 Å². The normalized spacial score (nSPS) is 20.4. The van der Waals surface area contributed by atoms with E-state index in [-0.39, 0.29) is 18.4 Å². The summed E-state index contributed by atoms with van der Waals surface area (Å²) in [6.07, 6.45) is 5.55. The average molecular weight is 333 g/mol. The largest absolute Gasteiger partial charge is 0.482 e. The van der Waals surface area contributed by atoms with Gasteiger partial charge in [0.15, 0.2) is 6.61 Å². The van der Waals surface area contributed by atoms with Crippen molar-refractivity contribution in [2.45, 2.75) is 45.6 Å². The molecule has 0 spiro atoms. The van der Waals surface area contributed by atoms with Crippen LogP contribution in [-0.2, 0) is 16.1 Å². The van der Waals surface area contributed by atoms with Gasteiger partial charge in [-0.25, -0.2) is 4.79 Å². The van der Waals surface area contributed by atoms with Crippen molar-refractivity contribution < 1.29 is 19.4 Å². The SMILES string of the molecule is CCC1CCC(C(=O)N(C)Cc2ccc(OCC(=O)O)cc2)CC1. The second kappa shape index (κ2) is 8.71. The van der Waals surface area contributed by atoms with Gasteiger partial charge in [0.05, 0.1) is 0 Å². The van der Waals surface area contributed by atoms with Crippen LogP contribution in [0.5, 0.6) is 5.75 Å². The Balaban J connectivity index is 1.84. The fourth-order valence-corrected chi connectivity index (χ4v) is 3.32. The molecule has 1 fully saturated rings. The van der Waals surface area contributed by atoms with E-state index in [1.54, 1.807) is 17.0 Å². The molecule has 1 N–H and O–H groups in total. The molecule has 1 saturated carbocycles. The first-order valence-electron chi connectivity index (χ1n) is 8.68. The number of carbonyl (C=O) groups is 2. The smallest absolute Gasteiger partial charge is 0.341 e. The Kier molecular flexibility index (Phi) is 6.64. The number of carbonyl (C=O) groups excluding carboxylic acids is 1. The van der Waals surface area contributed by atoms with Crippen molar-refractivity contribution in [3.05, 3.63) is 29.8 Å².